The van der Waals surface area contributed by atoms with Gasteiger partial charge in [-0.05, 0) is 82.8 Å². The Kier molecular flexibility index (Phi) is 5.52. The molecule has 1 heterocycles. The van der Waals surface area contributed by atoms with Crippen molar-refractivity contribution in [2.75, 3.05) is 18.8 Å². The van der Waals surface area contributed by atoms with Gasteiger partial charge in [-0.15, -0.1) is 0 Å². The molecule has 1 atom stereocenters. The van der Waals surface area contributed by atoms with Gasteiger partial charge in [0.25, 0.3) is 5.91 Å². The summed E-state index contributed by atoms with van der Waals surface area (Å²) in [5.74, 6) is 0.727. The first-order chi connectivity index (χ1) is 10.8. The highest BCUT2D eigenvalue weighted by Crippen LogP contribution is 2.34. The van der Waals surface area contributed by atoms with E-state index in [9.17, 15) is 4.79 Å². The van der Waals surface area contributed by atoms with Gasteiger partial charge in [0.2, 0.25) is 0 Å². The average molecular weight is 319 g/mol. The summed E-state index contributed by atoms with van der Waals surface area (Å²) in [6.45, 7) is 11.7. The minimum Gasteiger partial charge on any atom is -0.480 e. The SMILES string of the molecule is Cc1c(C)c(OC(C)C(=O)NC2CCNCC2)c(C)c(C)c1N. The lowest BCUT2D eigenvalue weighted by Gasteiger charge is -2.26. The molecule has 23 heavy (non-hydrogen) atoms. The summed E-state index contributed by atoms with van der Waals surface area (Å²) in [6.07, 6.45) is 1.41. The van der Waals surface area contributed by atoms with Gasteiger partial charge in [-0.2, -0.15) is 0 Å². The molecule has 1 fully saturated rings. The summed E-state index contributed by atoms with van der Waals surface area (Å²) in [5, 5.41) is 6.39. The van der Waals surface area contributed by atoms with Crippen LogP contribution in [0.25, 0.3) is 0 Å². The normalized spacial score (nSPS) is 16.9. The zero-order valence-corrected chi connectivity index (χ0v) is 14.9. The Morgan fingerprint density at radius 2 is 1.65 bits per heavy atom. The first-order valence-electron chi connectivity index (χ1n) is 8.36. The molecule has 0 radical (unpaired) electrons. The molecule has 0 aliphatic carbocycles. The van der Waals surface area contributed by atoms with Crippen molar-refractivity contribution in [1.82, 2.24) is 10.6 Å². The molecular formula is C18H29N3O2. The van der Waals surface area contributed by atoms with Crippen LogP contribution in [0.15, 0.2) is 0 Å². The first-order valence-corrected chi connectivity index (χ1v) is 8.36. The maximum absolute atomic E-state index is 12.4. The molecule has 5 heteroatoms. The average Bonchev–Trinajstić information content (AvgIpc) is 2.55. The Morgan fingerprint density at radius 1 is 1.13 bits per heavy atom. The molecule has 0 bridgehead atoms. The zero-order chi connectivity index (χ0) is 17.1. The zero-order valence-electron chi connectivity index (χ0n) is 14.9. The lowest BCUT2D eigenvalue weighted by Crippen LogP contribution is -2.47. The molecule has 0 aromatic heterocycles. The maximum Gasteiger partial charge on any atom is 0.260 e. The van der Waals surface area contributed by atoms with E-state index in [1.165, 1.54) is 0 Å². The third-order valence-electron chi connectivity index (χ3n) is 4.96. The highest BCUT2D eigenvalue weighted by molar-refractivity contribution is 5.81. The fraction of sp³-hybridized carbons (Fsp3) is 0.611. The van der Waals surface area contributed by atoms with E-state index in [4.69, 9.17) is 10.5 Å². The first kappa shape index (κ1) is 17.6. The number of amides is 1. The molecule has 4 N–H and O–H groups in total. The second-order valence-electron chi connectivity index (χ2n) is 6.54. The van der Waals surface area contributed by atoms with E-state index in [-0.39, 0.29) is 11.9 Å². The van der Waals surface area contributed by atoms with Crippen LogP contribution in [0.1, 0.15) is 42.0 Å². The summed E-state index contributed by atoms with van der Waals surface area (Å²) >= 11 is 0. The molecule has 1 aliphatic heterocycles. The molecule has 5 nitrogen and oxygen atoms in total. The fourth-order valence-electron chi connectivity index (χ4n) is 3.00. The van der Waals surface area contributed by atoms with Gasteiger partial charge < -0.3 is 21.1 Å². The number of nitrogens with one attached hydrogen (secondary N) is 2. The lowest BCUT2D eigenvalue weighted by atomic mass is 9.97. The van der Waals surface area contributed by atoms with Crippen molar-refractivity contribution >= 4 is 11.6 Å². The molecule has 1 aromatic carbocycles. The quantitative estimate of drug-likeness (QED) is 0.743. The summed E-state index contributed by atoms with van der Waals surface area (Å²) in [5.41, 5.74) is 11.0. The number of hydrogen-bond donors (Lipinski definition) is 3. The third-order valence-corrected chi connectivity index (χ3v) is 4.96. The van der Waals surface area contributed by atoms with Gasteiger partial charge in [-0.3, -0.25) is 4.79 Å². The van der Waals surface area contributed by atoms with Crippen LogP contribution in [0, 0.1) is 27.7 Å². The molecular weight excluding hydrogens is 290 g/mol. The van der Waals surface area contributed by atoms with Crippen molar-refractivity contribution in [1.29, 1.82) is 0 Å². The van der Waals surface area contributed by atoms with Gasteiger partial charge in [0.15, 0.2) is 6.10 Å². The summed E-state index contributed by atoms with van der Waals surface area (Å²) in [4.78, 5) is 12.4. The molecule has 128 valence electrons. The number of hydrogen-bond acceptors (Lipinski definition) is 4. The Hall–Kier alpha value is -1.75. The third kappa shape index (κ3) is 3.78. The van der Waals surface area contributed by atoms with Crippen LogP contribution in [-0.4, -0.2) is 31.1 Å². The summed E-state index contributed by atoms with van der Waals surface area (Å²) in [7, 11) is 0. The predicted octanol–water partition coefficient (Wildman–Crippen LogP) is 2.14. The highest BCUT2D eigenvalue weighted by Gasteiger charge is 2.23. The molecule has 0 spiro atoms. The van der Waals surface area contributed by atoms with Crippen LogP contribution in [0.3, 0.4) is 0 Å². The van der Waals surface area contributed by atoms with E-state index in [1.807, 2.05) is 27.7 Å². The number of ether oxygens (including phenoxy) is 1. The number of rotatable bonds is 4. The Labute approximate surface area is 139 Å². The van der Waals surface area contributed by atoms with E-state index >= 15 is 0 Å². The minimum atomic E-state index is -0.523. The van der Waals surface area contributed by atoms with Gasteiger partial charge in [0.1, 0.15) is 5.75 Å². The van der Waals surface area contributed by atoms with Gasteiger partial charge >= 0.3 is 0 Å². The van der Waals surface area contributed by atoms with E-state index in [1.54, 1.807) is 6.92 Å². The smallest absolute Gasteiger partial charge is 0.260 e. The van der Waals surface area contributed by atoms with Crippen molar-refractivity contribution in [3.63, 3.8) is 0 Å². The van der Waals surface area contributed by atoms with E-state index in [0.717, 1.165) is 59.6 Å². The monoisotopic (exact) mass is 319 g/mol. The lowest BCUT2D eigenvalue weighted by molar-refractivity contribution is -0.128. The highest BCUT2D eigenvalue weighted by atomic mass is 16.5. The van der Waals surface area contributed by atoms with Crippen LogP contribution in [0.5, 0.6) is 5.75 Å². The van der Waals surface area contributed by atoms with E-state index in [0.29, 0.717) is 0 Å². The largest absolute Gasteiger partial charge is 0.480 e. The van der Waals surface area contributed by atoms with Crippen LogP contribution in [0.4, 0.5) is 5.69 Å². The van der Waals surface area contributed by atoms with Gasteiger partial charge in [-0.25, -0.2) is 0 Å². The Morgan fingerprint density at radius 3 is 2.17 bits per heavy atom. The van der Waals surface area contributed by atoms with Crippen molar-refractivity contribution in [3.05, 3.63) is 22.3 Å². The number of carbonyl (C=O) groups is 1. The van der Waals surface area contributed by atoms with Gasteiger partial charge in [-0.1, -0.05) is 0 Å². The number of piperidine rings is 1. The molecule has 1 amide bonds. The van der Waals surface area contributed by atoms with Crippen LogP contribution < -0.4 is 21.1 Å². The Bertz CT molecular complexity index is 563. The second-order valence-corrected chi connectivity index (χ2v) is 6.54. The van der Waals surface area contributed by atoms with E-state index in [2.05, 4.69) is 10.6 Å². The minimum absolute atomic E-state index is 0.0529. The van der Waals surface area contributed by atoms with Gasteiger partial charge in [0, 0.05) is 11.7 Å². The van der Waals surface area contributed by atoms with Crippen LogP contribution in [-0.2, 0) is 4.79 Å². The molecule has 0 saturated carbocycles. The number of anilines is 1. The van der Waals surface area contributed by atoms with Crippen molar-refractivity contribution < 1.29 is 9.53 Å². The second kappa shape index (κ2) is 7.21. The fourth-order valence-corrected chi connectivity index (χ4v) is 3.00. The molecule has 1 unspecified atom stereocenters. The number of nitrogens with two attached hydrogens (primary N) is 1. The maximum atomic E-state index is 12.4. The molecule has 1 aliphatic rings. The van der Waals surface area contributed by atoms with Crippen LogP contribution in [0.2, 0.25) is 0 Å². The standard InChI is InChI=1S/C18H29N3O2/c1-10-12(3)17(13(4)11(2)16(10)19)23-14(5)18(22)21-15-6-8-20-9-7-15/h14-15,20H,6-9,19H2,1-5H3,(H,21,22). The molecule has 2 rings (SSSR count). The topological polar surface area (TPSA) is 76.4 Å². The summed E-state index contributed by atoms with van der Waals surface area (Å²) in [6, 6.07) is 0.242. The Balaban J connectivity index is 2.10. The number of nitrogen functional groups attached to an aromatic ring is 1. The van der Waals surface area contributed by atoms with Crippen LogP contribution >= 0.6 is 0 Å². The van der Waals surface area contributed by atoms with Crippen molar-refractivity contribution in [2.24, 2.45) is 0 Å². The van der Waals surface area contributed by atoms with Crippen molar-refractivity contribution in [2.45, 2.75) is 59.6 Å². The van der Waals surface area contributed by atoms with Crippen molar-refractivity contribution in [3.8, 4) is 5.75 Å². The summed E-state index contributed by atoms with van der Waals surface area (Å²) < 4.78 is 6.01. The molecule has 1 saturated heterocycles. The molecule has 1 aromatic rings. The predicted molar refractivity (Wildman–Crippen MR) is 93.9 cm³/mol. The van der Waals surface area contributed by atoms with E-state index < -0.39 is 6.10 Å². The number of carbonyl (C=O) groups excluding carboxylic acids is 1. The number of benzene rings is 1. The van der Waals surface area contributed by atoms with Gasteiger partial charge in [0.05, 0.1) is 0 Å².